The molecular formula is C24H31NO3. The molecule has 4 heteroatoms. The summed E-state index contributed by atoms with van der Waals surface area (Å²) in [7, 11) is 1.67. The quantitative estimate of drug-likeness (QED) is 0.714. The zero-order chi connectivity index (χ0) is 20.3. The lowest BCUT2D eigenvalue weighted by Crippen LogP contribution is -2.39. The summed E-state index contributed by atoms with van der Waals surface area (Å²) in [4.78, 5) is 14.9. The SMILES string of the molecule is COc1ccc(C2CCN(C(=O)C(C)Oc3cc(C)ccc3C(C)C)C2)cc1. The molecule has 0 spiro atoms. The first-order valence-corrected chi connectivity index (χ1v) is 10.1. The van der Waals surface area contributed by atoms with Crippen LogP contribution in [0.1, 0.15) is 55.7 Å². The van der Waals surface area contributed by atoms with Gasteiger partial charge in [0.25, 0.3) is 5.91 Å². The van der Waals surface area contributed by atoms with Crippen LogP contribution in [0.15, 0.2) is 42.5 Å². The van der Waals surface area contributed by atoms with Crippen molar-refractivity contribution in [3.05, 3.63) is 59.2 Å². The molecule has 0 radical (unpaired) electrons. The minimum Gasteiger partial charge on any atom is -0.497 e. The van der Waals surface area contributed by atoms with Crippen molar-refractivity contribution in [2.24, 2.45) is 0 Å². The second-order valence-electron chi connectivity index (χ2n) is 8.00. The molecule has 1 aliphatic rings. The molecule has 0 saturated carbocycles. The van der Waals surface area contributed by atoms with Gasteiger partial charge in [0.15, 0.2) is 6.10 Å². The highest BCUT2D eigenvalue weighted by Crippen LogP contribution is 2.31. The Morgan fingerprint density at radius 3 is 2.46 bits per heavy atom. The zero-order valence-corrected chi connectivity index (χ0v) is 17.6. The maximum Gasteiger partial charge on any atom is 0.263 e. The number of benzene rings is 2. The highest BCUT2D eigenvalue weighted by molar-refractivity contribution is 5.81. The topological polar surface area (TPSA) is 38.8 Å². The number of nitrogens with zero attached hydrogens (tertiary/aromatic N) is 1. The second-order valence-corrected chi connectivity index (χ2v) is 8.00. The molecule has 1 aliphatic heterocycles. The van der Waals surface area contributed by atoms with Crippen molar-refractivity contribution in [3.8, 4) is 11.5 Å². The summed E-state index contributed by atoms with van der Waals surface area (Å²) in [6.45, 7) is 9.70. The average molecular weight is 382 g/mol. The highest BCUT2D eigenvalue weighted by Gasteiger charge is 2.31. The van der Waals surface area contributed by atoms with Gasteiger partial charge in [-0.15, -0.1) is 0 Å². The first-order valence-electron chi connectivity index (χ1n) is 10.1. The van der Waals surface area contributed by atoms with Crippen molar-refractivity contribution >= 4 is 5.91 Å². The van der Waals surface area contributed by atoms with Crippen LogP contribution in [0.3, 0.4) is 0 Å². The van der Waals surface area contributed by atoms with Gasteiger partial charge in [-0.1, -0.05) is 38.1 Å². The van der Waals surface area contributed by atoms with Crippen molar-refractivity contribution < 1.29 is 14.3 Å². The number of rotatable bonds is 6. The van der Waals surface area contributed by atoms with Crippen LogP contribution in [0.5, 0.6) is 11.5 Å². The standard InChI is InChI=1S/C24H31NO3/c1-16(2)22-11-6-17(3)14-23(22)28-18(4)24(26)25-13-12-20(15-25)19-7-9-21(27-5)10-8-19/h6-11,14,16,18,20H,12-13,15H2,1-5H3. The maximum atomic E-state index is 13.0. The third kappa shape index (κ3) is 4.49. The molecular weight excluding hydrogens is 350 g/mol. The van der Waals surface area contributed by atoms with Gasteiger partial charge in [-0.3, -0.25) is 4.79 Å². The molecule has 1 fully saturated rings. The number of ether oxygens (including phenoxy) is 2. The van der Waals surface area contributed by atoms with Crippen molar-refractivity contribution in [2.75, 3.05) is 20.2 Å². The monoisotopic (exact) mass is 381 g/mol. The Morgan fingerprint density at radius 1 is 1.11 bits per heavy atom. The van der Waals surface area contributed by atoms with Crippen LogP contribution in [0.4, 0.5) is 0 Å². The van der Waals surface area contributed by atoms with Gasteiger partial charge in [-0.2, -0.15) is 0 Å². The fourth-order valence-corrected chi connectivity index (χ4v) is 3.83. The Balaban J connectivity index is 1.65. The summed E-state index contributed by atoms with van der Waals surface area (Å²) in [5, 5.41) is 0. The van der Waals surface area contributed by atoms with E-state index in [4.69, 9.17) is 9.47 Å². The number of amides is 1. The van der Waals surface area contributed by atoms with Gasteiger partial charge < -0.3 is 14.4 Å². The summed E-state index contributed by atoms with van der Waals surface area (Å²) < 4.78 is 11.4. The molecule has 4 nitrogen and oxygen atoms in total. The van der Waals surface area contributed by atoms with E-state index >= 15 is 0 Å². The number of carbonyl (C=O) groups excluding carboxylic acids is 1. The minimum absolute atomic E-state index is 0.0622. The van der Waals surface area contributed by atoms with Crippen LogP contribution in [0, 0.1) is 6.92 Å². The molecule has 2 unspecified atom stereocenters. The first-order chi connectivity index (χ1) is 13.4. The van der Waals surface area contributed by atoms with Crippen molar-refractivity contribution in [1.82, 2.24) is 4.90 Å². The molecule has 0 bridgehead atoms. The van der Waals surface area contributed by atoms with Crippen molar-refractivity contribution in [2.45, 2.75) is 52.1 Å². The van der Waals surface area contributed by atoms with E-state index in [0.717, 1.165) is 42.1 Å². The lowest BCUT2D eigenvalue weighted by molar-refractivity contribution is -0.136. The Labute approximate surface area is 168 Å². The molecule has 1 heterocycles. The van der Waals surface area contributed by atoms with E-state index in [1.807, 2.05) is 36.9 Å². The minimum atomic E-state index is -0.492. The predicted octanol–water partition coefficient (Wildman–Crippen LogP) is 4.91. The predicted molar refractivity (Wildman–Crippen MR) is 112 cm³/mol. The van der Waals surface area contributed by atoms with E-state index in [1.165, 1.54) is 5.56 Å². The summed E-state index contributed by atoms with van der Waals surface area (Å²) in [5.74, 6) is 2.46. The van der Waals surface area contributed by atoms with Gasteiger partial charge in [0.2, 0.25) is 0 Å². The Kier molecular flexibility index (Phi) is 6.28. The van der Waals surface area contributed by atoms with Gasteiger partial charge >= 0.3 is 0 Å². The van der Waals surface area contributed by atoms with Gasteiger partial charge in [-0.25, -0.2) is 0 Å². The molecule has 3 rings (SSSR count). The maximum absolute atomic E-state index is 13.0. The molecule has 0 aliphatic carbocycles. The van der Waals surface area contributed by atoms with Crippen molar-refractivity contribution in [1.29, 1.82) is 0 Å². The van der Waals surface area contributed by atoms with Gasteiger partial charge in [-0.05, 0) is 61.1 Å². The molecule has 0 N–H and O–H groups in total. The Bertz CT molecular complexity index is 813. The smallest absolute Gasteiger partial charge is 0.263 e. The second kappa shape index (κ2) is 8.68. The van der Waals surface area contributed by atoms with E-state index in [2.05, 4.69) is 38.1 Å². The molecule has 150 valence electrons. The third-order valence-electron chi connectivity index (χ3n) is 5.53. The lowest BCUT2D eigenvalue weighted by Gasteiger charge is -2.24. The number of hydrogen-bond donors (Lipinski definition) is 0. The van der Waals surface area contributed by atoms with Crippen LogP contribution >= 0.6 is 0 Å². The van der Waals surface area contributed by atoms with E-state index in [0.29, 0.717) is 11.8 Å². The molecule has 2 atom stereocenters. The van der Waals surface area contributed by atoms with Crippen LogP contribution < -0.4 is 9.47 Å². The van der Waals surface area contributed by atoms with E-state index in [1.54, 1.807) is 7.11 Å². The molecule has 28 heavy (non-hydrogen) atoms. The van der Waals surface area contributed by atoms with Crippen LogP contribution in [-0.2, 0) is 4.79 Å². The first kappa shape index (κ1) is 20.2. The van der Waals surface area contributed by atoms with Crippen LogP contribution in [-0.4, -0.2) is 37.1 Å². The van der Waals surface area contributed by atoms with Crippen LogP contribution in [0.25, 0.3) is 0 Å². The van der Waals surface area contributed by atoms with Gasteiger partial charge in [0.1, 0.15) is 11.5 Å². The molecule has 0 aromatic heterocycles. The normalized spacial score (nSPS) is 17.6. The summed E-state index contributed by atoms with van der Waals surface area (Å²) >= 11 is 0. The third-order valence-corrected chi connectivity index (χ3v) is 5.53. The summed E-state index contributed by atoms with van der Waals surface area (Å²) in [6.07, 6.45) is 0.487. The molecule has 2 aromatic rings. The number of hydrogen-bond acceptors (Lipinski definition) is 3. The fraction of sp³-hybridized carbons (Fsp3) is 0.458. The number of likely N-dealkylation sites (tertiary alicyclic amines) is 1. The molecule has 2 aromatic carbocycles. The van der Waals surface area contributed by atoms with Crippen molar-refractivity contribution in [3.63, 3.8) is 0 Å². The highest BCUT2D eigenvalue weighted by atomic mass is 16.5. The van der Waals surface area contributed by atoms with Crippen LogP contribution in [0.2, 0.25) is 0 Å². The van der Waals surface area contributed by atoms with Gasteiger partial charge in [0.05, 0.1) is 7.11 Å². The fourth-order valence-electron chi connectivity index (χ4n) is 3.83. The Hall–Kier alpha value is -2.49. The molecule has 1 saturated heterocycles. The average Bonchev–Trinajstić information content (AvgIpc) is 3.17. The summed E-state index contributed by atoms with van der Waals surface area (Å²) in [6, 6.07) is 14.4. The number of carbonyl (C=O) groups is 1. The lowest BCUT2D eigenvalue weighted by atomic mass is 9.98. The van der Waals surface area contributed by atoms with Gasteiger partial charge in [0, 0.05) is 19.0 Å². The largest absolute Gasteiger partial charge is 0.497 e. The Morgan fingerprint density at radius 2 is 1.82 bits per heavy atom. The summed E-state index contributed by atoms with van der Waals surface area (Å²) in [5.41, 5.74) is 3.54. The number of aryl methyl sites for hydroxylation is 1. The van der Waals surface area contributed by atoms with E-state index < -0.39 is 6.10 Å². The van der Waals surface area contributed by atoms with E-state index in [-0.39, 0.29) is 5.91 Å². The molecule has 1 amide bonds. The zero-order valence-electron chi connectivity index (χ0n) is 17.6. The van der Waals surface area contributed by atoms with E-state index in [9.17, 15) is 4.79 Å². The number of methoxy groups -OCH3 is 1.